The van der Waals surface area contributed by atoms with E-state index in [4.69, 9.17) is 0 Å². The molecule has 5 N–H and O–H groups in total. The largest absolute Gasteiger partial charge is 0.394 e. The molecule has 0 aliphatic rings. The highest BCUT2D eigenvalue weighted by atomic mass is 16.3. The summed E-state index contributed by atoms with van der Waals surface area (Å²) in [5.74, 6) is -0.582. The van der Waals surface area contributed by atoms with E-state index in [1.807, 2.05) is 0 Å². The third-order valence-electron chi connectivity index (χ3n) is 12.3. The van der Waals surface area contributed by atoms with Crippen molar-refractivity contribution in [1.29, 1.82) is 0 Å². The fraction of sp³-hybridized carbons (Fsp3) is 0.980. The van der Waals surface area contributed by atoms with Crippen LogP contribution in [0.15, 0.2) is 0 Å². The van der Waals surface area contributed by atoms with Gasteiger partial charge in [0.05, 0.1) is 18.8 Å². The van der Waals surface area contributed by atoms with Gasteiger partial charge in [-0.2, -0.15) is 0 Å². The molecular formula is C50H101NO5. The maximum atomic E-state index is 12.4. The number of hydrogen-bond donors (Lipinski definition) is 5. The molecule has 0 aliphatic carbocycles. The van der Waals surface area contributed by atoms with Crippen molar-refractivity contribution in [2.75, 3.05) is 6.61 Å². The topological polar surface area (TPSA) is 110 Å². The summed E-state index contributed by atoms with van der Waals surface area (Å²) in [4.78, 5) is 12.4. The minimum absolute atomic E-state index is 0.375. The third-order valence-corrected chi connectivity index (χ3v) is 12.3. The average molecular weight is 796 g/mol. The average Bonchev–Trinajstić information content (AvgIpc) is 3.20. The second kappa shape index (κ2) is 45.4. The summed E-state index contributed by atoms with van der Waals surface area (Å²) in [5, 5.41) is 43.3. The van der Waals surface area contributed by atoms with E-state index in [1.165, 1.54) is 218 Å². The summed E-state index contributed by atoms with van der Waals surface area (Å²) in [7, 11) is 0. The molecule has 0 aromatic rings. The van der Waals surface area contributed by atoms with Crippen LogP contribution in [0.5, 0.6) is 0 Å². The Bertz CT molecular complexity index is 766. The summed E-state index contributed by atoms with van der Waals surface area (Å²) in [6.45, 7) is 3.99. The lowest BCUT2D eigenvalue weighted by Gasteiger charge is -2.27. The van der Waals surface area contributed by atoms with Gasteiger partial charge < -0.3 is 25.7 Å². The van der Waals surface area contributed by atoms with Crippen molar-refractivity contribution < 1.29 is 25.2 Å². The monoisotopic (exact) mass is 796 g/mol. The molecule has 0 heterocycles. The molecule has 0 aliphatic heterocycles. The number of carbonyl (C=O) groups excluding carboxylic acids is 1. The highest BCUT2D eigenvalue weighted by molar-refractivity contribution is 5.80. The Kier molecular flexibility index (Phi) is 44.8. The van der Waals surface area contributed by atoms with Crippen molar-refractivity contribution in [2.45, 2.75) is 308 Å². The van der Waals surface area contributed by atoms with E-state index in [-0.39, 0.29) is 0 Å². The van der Waals surface area contributed by atoms with Gasteiger partial charge in [-0.15, -0.1) is 0 Å². The lowest BCUT2D eigenvalue weighted by atomic mass is 9.99. The van der Waals surface area contributed by atoms with Crippen LogP contribution in [0.4, 0.5) is 0 Å². The molecule has 0 fully saturated rings. The van der Waals surface area contributed by atoms with Crippen LogP contribution in [-0.2, 0) is 4.79 Å². The SMILES string of the molecule is CCCCCCCCCCCCCCCCCCCCCCCCCCCCCCCCCCCCC(O)C(=O)NC(CO)C(O)C(O)CCCCCCCC. The van der Waals surface area contributed by atoms with Crippen molar-refractivity contribution in [3.05, 3.63) is 0 Å². The summed E-state index contributed by atoms with van der Waals surface area (Å²) in [6, 6.07) is -0.977. The molecule has 0 bridgehead atoms. The molecule has 0 aromatic carbocycles. The smallest absolute Gasteiger partial charge is 0.249 e. The first-order valence-corrected chi connectivity index (χ1v) is 25.4. The van der Waals surface area contributed by atoms with Gasteiger partial charge in [0, 0.05) is 0 Å². The quantitative estimate of drug-likeness (QED) is 0.0394. The van der Waals surface area contributed by atoms with Crippen LogP contribution >= 0.6 is 0 Å². The summed E-state index contributed by atoms with van der Waals surface area (Å²) in [6.07, 6.45) is 50.8. The Hall–Kier alpha value is -0.690. The Morgan fingerprint density at radius 2 is 0.607 bits per heavy atom. The second-order valence-corrected chi connectivity index (χ2v) is 17.9. The van der Waals surface area contributed by atoms with Crippen molar-refractivity contribution >= 4 is 5.91 Å². The molecule has 56 heavy (non-hydrogen) atoms. The van der Waals surface area contributed by atoms with E-state index >= 15 is 0 Å². The predicted molar refractivity (Wildman–Crippen MR) is 242 cm³/mol. The van der Waals surface area contributed by atoms with Crippen LogP contribution in [0, 0.1) is 0 Å². The van der Waals surface area contributed by atoms with Crippen LogP contribution in [0.1, 0.15) is 284 Å². The Labute approximate surface area is 350 Å². The van der Waals surface area contributed by atoms with Gasteiger partial charge in [0.1, 0.15) is 12.2 Å². The number of aliphatic hydroxyl groups excluding tert-OH is 4. The van der Waals surface area contributed by atoms with Gasteiger partial charge in [-0.3, -0.25) is 4.79 Å². The summed E-state index contributed by atoms with van der Waals surface area (Å²) < 4.78 is 0. The van der Waals surface area contributed by atoms with Gasteiger partial charge >= 0.3 is 0 Å². The zero-order chi connectivity index (χ0) is 41.0. The lowest BCUT2D eigenvalue weighted by molar-refractivity contribution is -0.132. The minimum atomic E-state index is -1.25. The fourth-order valence-electron chi connectivity index (χ4n) is 8.29. The third kappa shape index (κ3) is 38.8. The number of amides is 1. The Balaban J connectivity index is 3.41. The van der Waals surface area contributed by atoms with E-state index in [1.54, 1.807) is 0 Å². The molecule has 336 valence electrons. The van der Waals surface area contributed by atoms with Crippen molar-refractivity contribution in [3.8, 4) is 0 Å². The molecule has 6 nitrogen and oxygen atoms in total. The molecule has 0 radical (unpaired) electrons. The standard InChI is InChI=1S/C50H101NO5/c1-3-5-7-9-11-12-13-14-15-16-17-18-19-20-21-22-23-24-25-26-27-28-29-30-31-32-33-34-35-36-37-38-40-42-44-48(54)50(56)51-46(45-52)49(55)47(53)43-41-39-10-8-6-4-2/h46-49,52-55H,3-45H2,1-2H3,(H,51,56). The summed E-state index contributed by atoms with van der Waals surface area (Å²) >= 11 is 0. The maximum absolute atomic E-state index is 12.4. The summed E-state index contributed by atoms with van der Waals surface area (Å²) in [5.41, 5.74) is 0. The molecule has 0 rings (SSSR count). The van der Waals surface area contributed by atoms with Crippen LogP contribution in [0.3, 0.4) is 0 Å². The number of unbranched alkanes of at least 4 members (excludes halogenated alkanes) is 38. The normalized spacial score (nSPS) is 13.9. The van der Waals surface area contributed by atoms with Crippen molar-refractivity contribution in [1.82, 2.24) is 5.32 Å². The van der Waals surface area contributed by atoms with Gasteiger partial charge in [-0.25, -0.2) is 0 Å². The minimum Gasteiger partial charge on any atom is -0.394 e. The number of rotatable bonds is 47. The van der Waals surface area contributed by atoms with Crippen molar-refractivity contribution in [2.24, 2.45) is 0 Å². The van der Waals surface area contributed by atoms with E-state index in [2.05, 4.69) is 19.2 Å². The molecule has 4 unspecified atom stereocenters. The lowest BCUT2D eigenvalue weighted by Crippen LogP contribution is -2.53. The number of nitrogens with one attached hydrogen (secondary N) is 1. The molecular weight excluding hydrogens is 695 g/mol. The zero-order valence-corrected chi connectivity index (χ0v) is 37.9. The first-order valence-electron chi connectivity index (χ1n) is 25.4. The number of hydrogen-bond acceptors (Lipinski definition) is 5. The second-order valence-electron chi connectivity index (χ2n) is 17.9. The first kappa shape index (κ1) is 55.3. The molecule has 1 amide bonds. The van der Waals surface area contributed by atoms with E-state index < -0.39 is 36.9 Å². The van der Waals surface area contributed by atoms with Gasteiger partial charge in [-0.05, 0) is 12.8 Å². The molecule has 0 saturated heterocycles. The number of carbonyl (C=O) groups is 1. The molecule has 4 atom stereocenters. The van der Waals surface area contributed by atoms with Gasteiger partial charge in [0.25, 0.3) is 0 Å². The van der Waals surface area contributed by atoms with Crippen LogP contribution in [0.2, 0.25) is 0 Å². The van der Waals surface area contributed by atoms with Crippen LogP contribution < -0.4 is 5.32 Å². The maximum Gasteiger partial charge on any atom is 0.249 e. The van der Waals surface area contributed by atoms with Gasteiger partial charge in [0.15, 0.2) is 0 Å². The van der Waals surface area contributed by atoms with Crippen LogP contribution in [0.25, 0.3) is 0 Å². The van der Waals surface area contributed by atoms with E-state index in [9.17, 15) is 25.2 Å². The van der Waals surface area contributed by atoms with Gasteiger partial charge in [-0.1, -0.05) is 271 Å². The highest BCUT2D eigenvalue weighted by Crippen LogP contribution is 2.18. The van der Waals surface area contributed by atoms with Crippen molar-refractivity contribution in [3.63, 3.8) is 0 Å². The van der Waals surface area contributed by atoms with Crippen LogP contribution in [-0.4, -0.2) is 57.3 Å². The molecule has 0 spiro atoms. The highest BCUT2D eigenvalue weighted by Gasteiger charge is 2.28. The zero-order valence-electron chi connectivity index (χ0n) is 37.9. The van der Waals surface area contributed by atoms with Gasteiger partial charge in [0.2, 0.25) is 5.91 Å². The molecule has 0 aromatic heterocycles. The predicted octanol–water partition coefficient (Wildman–Crippen LogP) is 14.0. The molecule has 6 heteroatoms. The fourth-order valence-corrected chi connectivity index (χ4v) is 8.29. The first-order chi connectivity index (χ1) is 27.5. The van der Waals surface area contributed by atoms with E-state index in [0.717, 1.165) is 38.5 Å². The molecule has 0 saturated carbocycles. The Morgan fingerprint density at radius 1 is 0.375 bits per heavy atom. The van der Waals surface area contributed by atoms with E-state index in [0.29, 0.717) is 12.8 Å². The number of aliphatic hydroxyl groups is 4. The Morgan fingerprint density at radius 3 is 0.857 bits per heavy atom.